The topological polar surface area (TPSA) is 42.1 Å². The normalized spacial score (nSPS) is 15.1. The number of aromatic nitrogens is 1. The van der Waals surface area contributed by atoms with E-state index in [4.69, 9.17) is 5.73 Å². The third-order valence-corrected chi connectivity index (χ3v) is 3.04. The van der Waals surface area contributed by atoms with Gasteiger partial charge in [0, 0.05) is 19.1 Å². The maximum Gasteiger partial charge on any atom is 0.129 e. The lowest BCUT2D eigenvalue weighted by Crippen LogP contribution is -2.28. The average molecular weight is 219 g/mol. The summed E-state index contributed by atoms with van der Waals surface area (Å²) in [4.78, 5) is 7.05. The van der Waals surface area contributed by atoms with Crippen LogP contribution in [0, 0.1) is 0 Å². The van der Waals surface area contributed by atoms with Crippen LogP contribution in [0.2, 0.25) is 0 Å². The average Bonchev–Trinajstić information content (AvgIpc) is 3.14. The highest BCUT2D eigenvalue weighted by Crippen LogP contribution is 2.30. The number of rotatable bonds is 6. The van der Waals surface area contributed by atoms with E-state index in [-0.39, 0.29) is 0 Å². The molecule has 1 heterocycles. The third kappa shape index (κ3) is 2.73. The molecule has 16 heavy (non-hydrogen) atoms. The Balaban J connectivity index is 2.10. The molecule has 0 aliphatic heterocycles. The summed E-state index contributed by atoms with van der Waals surface area (Å²) in [6.07, 6.45) is 5.11. The number of nitrogens with two attached hydrogens (primary N) is 1. The zero-order chi connectivity index (χ0) is 11.4. The summed E-state index contributed by atoms with van der Waals surface area (Å²) >= 11 is 0. The second-order valence-corrected chi connectivity index (χ2v) is 4.47. The number of anilines is 1. The number of nitrogens with zero attached hydrogens (tertiary/aromatic N) is 2. The van der Waals surface area contributed by atoms with Crippen molar-refractivity contribution in [1.82, 2.24) is 4.98 Å². The van der Waals surface area contributed by atoms with E-state index in [2.05, 4.69) is 28.9 Å². The molecule has 1 aromatic rings. The lowest BCUT2D eigenvalue weighted by Gasteiger charge is -2.23. The van der Waals surface area contributed by atoms with Crippen molar-refractivity contribution in [2.75, 3.05) is 11.4 Å². The van der Waals surface area contributed by atoms with Crippen molar-refractivity contribution in [3.05, 3.63) is 23.9 Å². The molecule has 0 amide bonds. The van der Waals surface area contributed by atoms with Crippen molar-refractivity contribution in [2.24, 2.45) is 5.73 Å². The molecule has 3 heteroatoms. The molecular formula is C13H21N3. The molecule has 2 N–H and O–H groups in total. The molecule has 0 bridgehead atoms. The minimum absolute atomic E-state index is 0.528. The number of pyridine rings is 1. The van der Waals surface area contributed by atoms with Crippen molar-refractivity contribution < 1.29 is 0 Å². The van der Waals surface area contributed by atoms with E-state index in [1.54, 1.807) is 0 Å². The summed E-state index contributed by atoms with van der Waals surface area (Å²) in [5.74, 6) is 1.11. The van der Waals surface area contributed by atoms with Crippen molar-refractivity contribution in [3.8, 4) is 0 Å². The molecule has 0 atom stereocenters. The van der Waals surface area contributed by atoms with Gasteiger partial charge in [0.2, 0.25) is 0 Å². The Hall–Kier alpha value is -1.09. The molecule has 0 spiro atoms. The van der Waals surface area contributed by atoms with Gasteiger partial charge in [-0.1, -0.05) is 19.4 Å². The number of unbranched alkanes of at least 4 members (excludes halogenated alkanes) is 1. The lowest BCUT2D eigenvalue weighted by atomic mass is 10.3. The third-order valence-electron chi connectivity index (χ3n) is 3.04. The minimum atomic E-state index is 0.528. The van der Waals surface area contributed by atoms with Gasteiger partial charge in [0.15, 0.2) is 0 Å². The van der Waals surface area contributed by atoms with E-state index >= 15 is 0 Å². The molecule has 3 nitrogen and oxygen atoms in total. The van der Waals surface area contributed by atoms with Crippen LogP contribution in [-0.2, 0) is 6.54 Å². The number of hydrogen-bond acceptors (Lipinski definition) is 3. The maximum absolute atomic E-state index is 5.63. The SMILES string of the molecule is CCCCN(c1cccc(CN)n1)C1CC1. The van der Waals surface area contributed by atoms with Gasteiger partial charge >= 0.3 is 0 Å². The highest BCUT2D eigenvalue weighted by molar-refractivity contribution is 5.42. The van der Waals surface area contributed by atoms with Crippen LogP contribution in [0.3, 0.4) is 0 Å². The van der Waals surface area contributed by atoms with Crippen LogP contribution in [0.25, 0.3) is 0 Å². The summed E-state index contributed by atoms with van der Waals surface area (Å²) in [6.45, 7) is 3.89. The first kappa shape index (κ1) is 11.4. The largest absolute Gasteiger partial charge is 0.354 e. The molecule has 2 rings (SSSR count). The Labute approximate surface area is 97.7 Å². The molecule has 1 aliphatic rings. The van der Waals surface area contributed by atoms with E-state index in [1.165, 1.54) is 25.7 Å². The Bertz CT molecular complexity index is 334. The fourth-order valence-electron chi connectivity index (χ4n) is 1.94. The van der Waals surface area contributed by atoms with Gasteiger partial charge in [0.1, 0.15) is 5.82 Å². The first-order valence-corrected chi connectivity index (χ1v) is 6.27. The molecule has 0 saturated heterocycles. The van der Waals surface area contributed by atoms with Gasteiger partial charge < -0.3 is 10.6 Å². The minimum Gasteiger partial charge on any atom is -0.354 e. The van der Waals surface area contributed by atoms with Crippen LogP contribution < -0.4 is 10.6 Å². The zero-order valence-corrected chi connectivity index (χ0v) is 10.0. The second kappa shape index (κ2) is 5.30. The monoisotopic (exact) mass is 219 g/mol. The summed E-state index contributed by atoms with van der Waals surface area (Å²) in [5, 5.41) is 0. The summed E-state index contributed by atoms with van der Waals surface area (Å²) in [6, 6.07) is 6.89. The van der Waals surface area contributed by atoms with E-state index < -0.39 is 0 Å². The first-order valence-electron chi connectivity index (χ1n) is 6.27. The van der Waals surface area contributed by atoms with E-state index in [1.807, 2.05) is 6.07 Å². The Morgan fingerprint density at radius 2 is 2.25 bits per heavy atom. The van der Waals surface area contributed by atoms with Gasteiger partial charge in [-0.2, -0.15) is 0 Å². The lowest BCUT2D eigenvalue weighted by molar-refractivity contribution is 0.702. The van der Waals surface area contributed by atoms with Crippen LogP contribution in [0.1, 0.15) is 38.3 Å². The maximum atomic E-state index is 5.63. The summed E-state index contributed by atoms with van der Waals surface area (Å²) in [5.41, 5.74) is 6.62. The predicted octanol–water partition coefficient (Wildman–Crippen LogP) is 2.31. The molecule has 1 aliphatic carbocycles. The van der Waals surface area contributed by atoms with Gasteiger partial charge in [-0.15, -0.1) is 0 Å². The molecule has 1 saturated carbocycles. The van der Waals surface area contributed by atoms with Gasteiger partial charge in [0.05, 0.1) is 5.69 Å². The highest BCUT2D eigenvalue weighted by Gasteiger charge is 2.29. The summed E-state index contributed by atoms with van der Waals surface area (Å²) in [7, 11) is 0. The smallest absolute Gasteiger partial charge is 0.129 e. The molecular weight excluding hydrogens is 198 g/mol. The highest BCUT2D eigenvalue weighted by atomic mass is 15.2. The molecule has 0 radical (unpaired) electrons. The van der Waals surface area contributed by atoms with Gasteiger partial charge in [-0.05, 0) is 31.4 Å². The summed E-state index contributed by atoms with van der Waals surface area (Å²) < 4.78 is 0. The molecule has 88 valence electrons. The van der Waals surface area contributed by atoms with Crippen LogP contribution in [0.15, 0.2) is 18.2 Å². The van der Waals surface area contributed by atoms with E-state index in [9.17, 15) is 0 Å². The predicted molar refractivity (Wildman–Crippen MR) is 67.4 cm³/mol. The number of hydrogen-bond donors (Lipinski definition) is 1. The van der Waals surface area contributed by atoms with Crippen LogP contribution in [-0.4, -0.2) is 17.6 Å². The first-order chi connectivity index (χ1) is 7.85. The van der Waals surface area contributed by atoms with Crippen molar-refractivity contribution in [3.63, 3.8) is 0 Å². The second-order valence-electron chi connectivity index (χ2n) is 4.47. The van der Waals surface area contributed by atoms with Crippen LogP contribution in [0.5, 0.6) is 0 Å². The Kier molecular flexibility index (Phi) is 3.78. The van der Waals surface area contributed by atoms with Crippen LogP contribution in [0.4, 0.5) is 5.82 Å². The van der Waals surface area contributed by atoms with Crippen molar-refractivity contribution in [1.29, 1.82) is 0 Å². The van der Waals surface area contributed by atoms with Crippen LogP contribution >= 0.6 is 0 Å². The standard InChI is InChI=1S/C13H21N3/c1-2-3-9-16(12-7-8-12)13-6-4-5-11(10-14)15-13/h4-6,12H,2-3,7-10,14H2,1H3. The molecule has 0 aromatic carbocycles. The van der Waals surface area contributed by atoms with Gasteiger partial charge in [-0.25, -0.2) is 4.98 Å². The van der Waals surface area contributed by atoms with Gasteiger partial charge in [0.25, 0.3) is 0 Å². The molecule has 0 unspecified atom stereocenters. The Morgan fingerprint density at radius 3 is 2.88 bits per heavy atom. The molecule has 1 fully saturated rings. The van der Waals surface area contributed by atoms with Crippen molar-refractivity contribution in [2.45, 2.75) is 45.2 Å². The van der Waals surface area contributed by atoms with Crippen molar-refractivity contribution >= 4 is 5.82 Å². The Morgan fingerprint density at radius 1 is 1.44 bits per heavy atom. The zero-order valence-electron chi connectivity index (χ0n) is 10.0. The quantitative estimate of drug-likeness (QED) is 0.798. The van der Waals surface area contributed by atoms with Gasteiger partial charge in [-0.3, -0.25) is 0 Å². The van der Waals surface area contributed by atoms with E-state index in [0.717, 1.165) is 24.1 Å². The fourth-order valence-corrected chi connectivity index (χ4v) is 1.94. The molecule has 1 aromatic heterocycles. The fraction of sp³-hybridized carbons (Fsp3) is 0.615. The van der Waals surface area contributed by atoms with E-state index in [0.29, 0.717) is 6.54 Å².